The molecule has 1 atom stereocenters. The van der Waals surface area contributed by atoms with Crippen LogP contribution in [0.5, 0.6) is 0 Å². The van der Waals surface area contributed by atoms with E-state index in [4.69, 9.17) is 5.11 Å². The number of carboxylic acids is 1. The number of aromatic nitrogens is 3. The molecule has 0 saturated heterocycles. The summed E-state index contributed by atoms with van der Waals surface area (Å²) in [5, 5.41) is 17.3. The minimum absolute atomic E-state index is 0.109. The zero-order valence-corrected chi connectivity index (χ0v) is 14.6. The molecule has 1 aliphatic carbocycles. The van der Waals surface area contributed by atoms with E-state index in [1.54, 1.807) is 23.4 Å². The summed E-state index contributed by atoms with van der Waals surface area (Å²) in [5.74, 6) is -1.76. The third-order valence-electron chi connectivity index (χ3n) is 4.52. The van der Waals surface area contributed by atoms with Gasteiger partial charge in [0.2, 0.25) is 0 Å². The largest absolute Gasteiger partial charge is 0.481 e. The Hall–Kier alpha value is -2.70. The lowest BCUT2D eigenvalue weighted by atomic mass is 10.1. The van der Waals surface area contributed by atoms with Crippen LogP contribution in [-0.4, -0.2) is 49.5 Å². The van der Waals surface area contributed by atoms with Crippen LogP contribution < -0.4 is 0 Å². The van der Waals surface area contributed by atoms with Crippen molar-refractivity contribution in [2.75, 3.05) is 6.54 Å². The summed E-state index contributed by atoms with van der Waals surface area (Å²) in [4.78, 5) is 25.7. The van der Waals surface area contributed by atoms with E-state index in [1.807, 2.05) is 31.2 Å². The van der Waals surface area contributed by atoms with Gasteiger partial charge < -0.3 is 10.0 Å². The molecule has 0 unspecified atom stereocenters. The number of amides is 1. The Morgan fingerprint density at radius 1 is 1.28 bits per heavy atom. The molecule has 1 fully saturated rings. The summed E-state index contributed by atoms with van der Waals surface area (Å²) in [5.41, 5.74) is 2.92. The highest BCUT2D eigenvalue weighted by Gasteiger charge is 2.36. The molecule has 1 aliphatic rings. The first kappa shape index (κ1) is 17.1. The molecular weight excluding hydrogens is 320 g/mol. The number of benzene rings is 1. The zero-order valence-electron chi connectivity index (χ0n) is 14.6. The summed E-state index contributed by atoms with van der Waals surface area (Å²) in [6.45, 7) is 5.61. The van der Waals surface area contributed by atoms with E-state index in [9.17, 15) is 9.59 Å². The number of carboxylic acid groups (broad SMARTS) is 1. The van der Waals surface area contributed by atoms with Gasteiger partial charge in [0.15, 0.2) is 5.69 Å². The van der Waals surface area contributed by atoms with Crippen LogP contribution in [0.25, 0.3) is 5.69 Å². The Kier molecular flexibility index (Phi) is 4.57. The maximum atomic E-state index is 12.9. The van der Waals surface area contributed by atoms with Crippen molar-refractivity contribution in [2.45, 2.75) is 39.7 Å². The van der Waals surface area contributed by atoms with E-state index in [-0.39, 0.29) is 24.2 Å². The van der Waals surface area contributed by atoms with E-state index in [0.29, 0.717) is 5.69 Å². The third-order valence-corrected chi connectivity index (χ3v) is 4.52. The van der Waals surface area contributed by atoms with Crippen molar-refractivity contribution >= 4 is 11.9 Å². The average Bonchev–Trinajstić information content (AvgIpc) is 3.35. The number of hydrogen-bond acceptors (Lipinski definition) is 4. The number of aliphatic carboxylic acids is 1. The Balaban J connectivity index is 1.86. The first-order valence-corrected chi connectivity index (χ1v) is 8.41. The van der Waals surface area contributed by atoms with Gasteiger partial charge >= 0.3 is 5.97 Å². The minimum atomic E-state index is -0.904. The van der Waals surface area contributed by atoms with Crippen LogP contribution in [0, 0.1) is 19.8 Å². The highest BCUT2D eigenvalue weighted by Crippen LogP contribution is 2.29. The molecule has 7 heteroatoms. The van der Waals surface area contributed by atoms with Gasteiger partial charge in [-0.1, -0.05) is 29.8 Å². The van der Waals surface area contributed by atoms with Crippen molar-refractivity contribution in [3.05, 3.63) is 41.2 Å². The Morgan fingerprint density at radius 2 is 1.92 bits per heavy atom. The molecule has 132 valence electrons. The topological polar surface area (TPSA) is 88.3 Å². The lowest BCUT2D eigenvalue weighted by Crippen LogP contribution is -2.39. The molecule has 1 heterocycles. The number of nitrogens with zero attached hydrogens (tertiary/aromatic N) is 4. The van der Waals surface area contributed by atoms with Crippen LogP contribution in [0.1, 0.15) is 41.5 Å². The summed E-state index contributed by atoms with van der Waals surface area (Å²) < 4.78 is 1.64. The molecule has 3 rings (SSSR count). The van der Waals surface area contributed by atoms with Crippen molar-refractivity contribution < 1.29 is 14.7 Å². The van der Waals surface area contributed by atoms with Crippen LogP contribution in [-0.2, 0) is 4.79 Å². The zero-order chi connectivity index (χ0) is 18.1. The van der Waals surface area contributed by atoms with Gasteiger partial charge in [-0.2, -0.15) is 0 Å². The lowest BCUT2D eigenvalue weighted by molar-refractivity contribution is -0.141. The van der Waals surface area contributed by atoms with Crippen LogP contribution in [0.15, 0.2) is 24.3 Å². The summed E-state index contributed by atoms with van der Waals surface area (Å²) >= 11 is 0. The van der Waals surface area contributed by atoms with Gasteiger partial charge in [-0.05, 0) is 38.8 Å². The number of hydrogen-bond donors (Lipinski definition) is 1. The SMILES string of the molecule is Cc1ccc(-n2nnc(C(=O)N(C[C@H](C)C(=O)O)C3CC3)c2C)cc1. The molecule has 1 N–H and O–H groups in total. The quantitative estimate of drug-likeness (QED) is 0.869. The van der Waals surface area contributed by atoms with Gasteiger partial charge in [0, 0.05) is 12.6 Å². The first-order valence-electron chi connectivity index (χ1n) is 8.41. The van der Waals surface area contributed by atoms with Crippen LogP contribution in [0.2, 0.25) is 0 Å². The molecule has 1 saturated carbocycles. The van der Waals surface area contributed by atoms with Crippen molar-refractivity contribution in [3.8, 4) is 5.69 Å². The van der Waals surface area contributed by atoms with Crippen molar-refractivity contribution in [1.82, 2.24) is 19.9 Å². The van der Waals surface area contributed by atoms with E-state index < -0.39 is 11.9 Å². The van der Waals surface area contributed by atoms with Crippen LogP contribution in [0.3, 0.4) is 0 Å². The van der Waals surface area contributed by atoms with E-state index in [0.717, 1.165) is 24.1 Å². The molecule has 1 aromatic carbocycles. The maximum Gasteiger partial charge on any atom is 0.308 e. The molecule has 2 aromatic rings. The smallest absolute Gasteiger partial charge is 0.308 e. The second-order valence-corrected chi connectivity index (χ2v) is 6.70. The minimum Gasteiger partial charge on any atom is -0.481 e. The molecule has 1 amide bonds. The molecule has 0 radical (unpaired) electrons. The first-order chi connectivity index (χ1) is 11.9. The number of aryl methyl sites for hydroxylation is 1. The standard InChI is InChI=1S/C18H22N4O3/c1-11-4-6-15(7-5-11)22-13(3)16(19-20-22)17(23)21(14-8-9-14)10-12(2)18(24)25/h4-7,12,14H,8-10H2,1-3H3,(H,24,25)/t12-/m0/s1. The molecule has 25 heavy (non-hydrogen) atoms. The highest BCUT2D eigenvalue weighted by molar-refractivity contribution is 5.94. The summed E-state index contributed by atoms with van der Waals surface area (Å²) in [6, 6.07) is 7.91. The van der Waals surface area contributed by atoms with Crippen molar-refractivity contribution in [3.63, 3.8) is 0 Å². The van der Waals surface area contributed by atoms with Gasteiger partial charge in [0.1, 0.15) is 0 Å². The Bertz CT molecular complexity index is 793. The molecule has 0 bridgehead atoms. The molecular formula is C18H22N4O3. The van der Waals surface area contributed by atoms with Gasteiger partial charge in [-0.3, -0.25) is 9.59 Å². The molecule has 0 spiro atoms. The molecule has 7 nitrogen and oxygen atoms in total. The lowest BCUT2D eigenvalue weighted by Gasteiger charge is -2.23. The summed E-state index contributed by atoms with van der Waals surface area (Å²) in [7, 11) is 0. The van der Waals surface area contributed by atoms with E-state index in [2.05, 4.69) is 10.3 Å². The third kappa shape index (κ3) is 3.55. The fourth-order valence-corrected chi connectivity index (χ4v) is 2.75. The van der Waals surface area contributed by atoms with Gasteiger partial charge in [-0.15, -0.1) is 5.10 Å². The van der Waals surface area contributed by atoms with Crippen molar-refractivity contribution in [2.24, 2.45) is 5.92 Å². The fourth-order valence-electron chi connectivity index (χ4n) is 2.75. The number of carbonyl (C=O) groups excluding carboxylic acids is 1. The predicted octanol–water partition coefficient (Wildman–Crippen LogP) is 2.21. The van der Waals surface area contributed by atoms with Gasteiger partial charge in [-0.25, -0.2) is 4.68 Å². The van der Waals surface area contributed by atoms with Crippen LogP contribution in [0.4, 0.5) is 0 Å². The fraction of sp³-hybridized carbons (Fsp3) is 0.444. The number of rotatable bonds is 6. The summed E-state index contributed by atoms with van der Waals surface area (Å²) in [6.07, 6.45) is 1.81. The average molecular weight is 342 g/mol. The van der Waals surface area contributed by atoms with E-state index in [1.165, 1.54) is 0 Å². The Labute approximate surface area is 146 Å². The monoisotopic (exact) mass is 342 g/mol. The van der Waals surface area contributed by atoms with Gasteiger partial charge in [0.05, 0.1) is 17.3 Å². The molecule has 0 aliphatic heterocycles. The second-order valence-electron chi connectivity index (χ2n) is 6.70. The van der Waals surface area contributed by atoms with Gasteiger partial charge in [0.25, 0.3) is 5.91 Å². The molecule has 1 aromatic heterocycles. The number of carbonyl (C=O) groups is 2. The van der Waals surface area contributed by atoms with Crippen LogP contribution >= 0.6 is 0 Å². The normalized spacial score (nSPS) is 15.0. The van der Waals surface area contributed by atoms with Crippen molar-refractivity contribution in [1.29, 1.82) is 0 Å². The maximum absolute atomic E-state index is 12.9. The predicted molar refractivity (Wildman–Crippen MR) is 91.7 cm³/mol. The highest BCUT2D eigenvalue weighted by atomic mass is 16.4. The van der Waals surface area contributed by atoms with E-state index >= 15 is 0 Å². The second kappa shape index (κ2) is 6.66. The Morgan fingerprint density at radius 3 is 2.48 bits per heavy atom.